The molecule has 1 aromatic heterocycles. The average Bonchev–Trinajstić information content (AvgIpc) is 2.75. The summed E-state index contributed by atoms with van der Waals surface area (Å²) < 4.78 is 6.40. The molecule has 0 spiro atoms. The molecule has 1 amide bonds. The van der Waals surface area contributed by atoms with Crippen LogP contribution in [0.2, 0.25) is 0 Å². The number of tetrazole rings is 1. The van der Waals surface area contributed by atoms with Crippen molar-refractivity contribution in [2.75, 3.05) is 32.6 Å². The highest BCUT2D eigenvalue weighted by Gasteiger charge is 2.08. The molecule has 0 aliphatic heterocycles. The summed E-state index contributed by atoms with van der Waals surface area (Å²) in [6.07, 6.45) is 0. The Hall–Kier alpha value is -1.19. The standard InChI is InChI=1S/C8H16N6O2S/c1-16-5-3-10-7(15)6-17-8-11-12-13-14(8)4-2-9/h2-6,9H2,1H3,(H,10,15). The summed E-state index contributed by atoms with van der Waals surface area (Å²) in [5.74, 6) is 0.198. The molecule has 96 valence electrons. The fourth-order valence-electron chi connectivity index (χ4n) is 1.04. The minimum Gasteiger partial charge on any atom is -0.383 e. The van der Waals surface area contributed by atoms with E-state index in [9.17, 15) is 4.79 Å². The van der Waals surface area contributed by atoms with Crippen LogP contribution in [-0.4, -0.2) is 58.7 Å². The molecule has 0 aliphatic rings. The fourth-order valence-corrected chi connectivity index (χ4v) is 1.77. The molecule has 1 rings (SSSR count). The first-order valence-corrected chi connectivity index (χ1v) is 6.11. The largest absolute Gasteiger partial charge is 0.383 e. The molecule has 1 aromatic rings. The van der Waals surface area contributed by atoms with Crippen LogP contribution in [-0.2, 0) is 16.1 Å². The van der Waals surface area contributed by atoms with Gasteiger partial charge in [0.25, 0.3) is 0 Å². The first-order valence-electron chi connectivity index (χ1n) is 5.12. The third kappa shape index (κ3) is 5.11. The smallest absolute Gasteiger partial charge is 0.230 e. The second kappa shape index (κ2) is 7.98. The van der Waals surface area contributed by atoms with Crippen LogP contribution in [0, 0.1) is 0 Å². The van der Waals surface area contributed by atoms with Crippen molar-refractivity contribution in [3.05, 3.63) is 0 Å². The van der Waals surface area contributed by atoms with Crippen LogP contribution in [0.25, 0.3) is 0 Å². The van der Waals surface area contributed by atoms with E-state index in [1.807, 2.05) is 0 Å². The van der Waals surface area contributed by atoms with Gasteiger partial charge < -0.3 is 15.8 Å². The van der Waals surface area contributed by atoms with Crippen LogP contribution in [0.3, 0.4) is 0 Å². The van der Waals surface area contributed by atoms with Gasteiger partial charge in [-0.2, -0.15) is 0 Å². The third-order valence-corrected chi connectivity index (χ3v) is 2.76. The fraction of sp³-hybridized carbons (Fsp3) is 0.750. The number of nitrogens with two attached hydrogens (primary N) is 1. The molecule has 0 radical (unpaired) electrons. The van der Waals surface area contributed by atoms with E-state index < -0.39 is 0 Å². The number of hydrogen-bond donors (Lipinski definition) is 2. The molecule has 9 heteroatoms. The lowest BCUT2D eigenvalue weighted by atomic mass is 10.6. The van der Waals surface area contributed by atoms with Crippen LogP contribution in [0.4, 0.5) is 0 Å². The van der Waals surface area contributed by atoms with E-state index in [1.54, 1.807) is 11.8 Å². The van der Waals surface area contributed by atoms with Crippen molar-refractivity contribution in [3.8, 4) is 0 Å². The van der Waals surface area contributed by atoms with Crippen LogP contribution in [0.15, 0.2) is 5.16 Å². The van der Waals surface area contributed by atoms with Crippen molar-refractivity contribution >= 4 is 17.7 Å². The number of hydrogen-bond acceptors (Lipinski definition) is 7. The molecule has 0 bridgehead atoms. The van der Waals surface area contributed by atoms with E-state index in [2.05, 4.69) is 20.8 Å². The second-order valence-electron chi connectivity index (χ2n) is 3.10. The van der Waals surface area contributed by atoms with Crippen molar-refractivity contribution in [1.82, 2.24) is 25.5 Å². The van der Waals surface area contributed by atoms with Crippen LogP contribution >= 0.6 is 11.8 Å². The Labute approximate surface area is 103 Å². The summed E-state index contributed by atoms with van der Waals surface area (Å²) in [6, 6.07) is 0. The summed E-state index contributed by atoms with van der Waals surface area (Å²) in [7, 11) is 1.59. The Morgan fingerprint density at radius 2 is 2.47 bits per heavy atom. The zero-order valence-electron chi connectivity index (χ0n) is 9.63. The van der Waals surface area contributed by atoms with Gasteiger partial charge in [0.05, 0.1) is 18.9 Å². The number of rotatable bonds is 8. The Balaban J connectivity index is 2.29. The molecule has 0 fully saturated rings. The number of amides is 1. The van der Waals surface area contributed by atoms with Crippen molar-refractivity contribution < 1.29 is 9.53 Å². The van der Waals surface area contributed by atoms with Crippen molar-refractivity contribution in [2.45, 2.75) is 11.7 Å². The van der Waals surface area contributed by atoms with Crippen molar-refractivity contribution in [1.29, 1.82) is 0 Å². The first-order chi connectivity index (χ1) is 8.27. The number of ether oxygens (including phenoxy) is 1. The third-order valence-electron chi connectivity index (χ3n) is 1.80. The van der Waals surface area contributed by atoms with Gasteiger partial charge in [-0.15, -0.1) is 5.10 Å². The van der Waals surface area contributed by atoms with Crippen molar-refractivity contribution in [2.24, 2.45) is 5.73 Å². The lowest BCUT2D eigenvalue weighted by molar-refractivity contribution is -0.118. The molecule has 17 heavy (non-hydrogen) atoms. The predicted molar refractivity (Wildman–Crippen MR) is 62.5 cm³/mol. The number of methoxy groups -OCH3 is 1. The van der Waals surface area contributed by atoms with E-state index in [-0.39, 0.29) is 11.7 Å². The highest BCUT2D eigenvalue weighted by Crippen LogP contribution is 2.12. The lowest BCUT2D eigenvalue weighted by Gasteiger charge is -2.04. The average molecular weight is 260 g/mol. The van der Waals surface area contributed by atoms with Crippen LogP contribution < -0.4 is 11.1 Å². The number of carbonyl (C=O) groups excluding carboxylic acids is 1. The Bertz CT molecular complexity index is 345. The van der Waals surface area contributed by atoms with E-state index >= 15 is 0 Å². The molecule has 1 heterocycles. The van der Waals surface area contributed by atoms with Gasteiger partial charge in [-0.1, -0.05) is 11.8 Å². The number of aromatic nitrogens is 4. The maximum Gasteiger partial charge on any atom is 0.230 e. The van der Waals surface area contributed by atoms with Gasteiger partial charge in [-0.05, 0) is 10.4 Å². The Morgan fingerprint density at radius 1 is 1.65 bits per heavy atom. The normalized spacial score (nSPS) is 10.5. The minimum absolute atomic E-state index is 0.0747. The molecular weight excluding hydrogens is 244 g/mol. The summed E-state index contributed by atoms with van der Waals surface area (Å²) in [5, 5.41) is 14.4. The van der Waals surface area contributed by atoms with Crippen LogP contribution in [0.5, 0.6) is 0 Å². The molecule has 3 N–H and O–H groups in total. The first kappa shape index (κ1) is 13.9. The van der Waals surface area contributed by atoms with Gasteiger partial charge in [0.1, 0.15) is 0 Å². The van der Waals surface area contributed by atoms with E-state index in [0.717, 1.165) is 0 Å². The molecule has 0 saturated heterocycles. The van der Waals surface area contributed by atoms with Gasteiger partial charge >= 0.3 is 0 Å². The zero-order chi connectivity index (χ0) is 12.5. The number of nitrogens with one attached hydrogen (secondary N) is 1. The highest BCUT2D eigenvalue weighted by molar-refractivity contribution is 7.99. The van der Waals surface area contributed by atoms with Gasteiger partial charge in [0.2, 0.25) is 11.1 Å². The van der Waals surface area contributed by atoms with E-state index in [0.29, 0.717) is 31.4 Å². The summed E-state index contributed by atoms with van der Waals surface area (Å²) in [4.78, 5) is 11.4. The monoisotopic (exact) mass is 260 g/mol. The van der Waals surface area contributed by atoms with E-state index in [4.69, 9.17) is 10.5 Å². The molecule has 0 unspecified atom stereocenters. The number of carbonyl (C=O) groups is 1. The quantitative estimate of drug-likeness (QED) is 0.432. The lowest BCUT2D eigenvalue weighted by Crippen LogP contribution is -2.28. The van der Waals surface area contributed by atoms with Gasteiger partial charge in [-0.3, -0.25) is 4.79 Å². The zero-order valence-corrected chi connectivity index (χ0v) is 10.4. The molecule has 0 saturated carbocycles. The maximum absolute atomic E-state index is 11.4. The summed E-state index contributed by atoms with van der Waals surface area (Å²) in [5.41, 5.74) is 5.41. The molecule has 8 nitrogen and oxygen atoms in total. The van der Waals surface area contributed by atoms with Gasteiger partial charge in [-0.25, -0.2) is 4.68 Å². The predicted octanol–water partition coefficient (Wildman–Crippen LogP) is -1.51. The van der Waals surface area contributed by atoms with Gasteiger partial charge in [0, 0.05) is 20.2 Å². The second-order valence-corrected chi connectivity index (χ2v) is 4.05. The summed E-state index contributed by atoms with van der Waals surface area (Å²) >= 11 is 1.28. The van der Waals surface area contributed by atoms with Crippen LogP contribution in [0.1, 0.15) is 0 Å². The molecular formula is C8H16N6O2S. The Morgan fingerprint density at radius 3 is 3.18 bits per heavy atom. The van der Waals surface area contributed by atoms with Gasteiger partial charge in [0.15, 0.2) is 0 Å². The highest BCUT2D eigenvalue weighted by atomic mass is 32.2. The Kier molecular flexibility index (Phi) is 6.51. The summed E-state index contributed by atoms with van der Waals surface area (Å²) in [6.45, 7) is 2.00. The van der Waals surface area contributed by atoms with Crippen molar-refractivity contribution in [3.63, 3.8) is 0 Å². The SMILES string of the molecule is COCCNC(=O)CSc1nnnn1CCN. The number of thioether (sulfide) groups is 1. The molecule has 0 atom stereocenters. The molecule has 0 aromatic carbocycles. The number of nitrogens with zero attached hydrogens (tertiary/aromatic N) is 4. The molecule has 0 aliphatic carbocycles. The topological polar surface area (TPSA) is 108 Å². The maximum atomic E-state index is 11.4. The minimum atomic E-state index is -0.0747. The van der Waals surface area contributed by atoms with E-state index in [1.165, 1.54) is 11.8 Å².